The van der Waals surface area contributed by atoms with Crippen molar-refractivity contribution in [2.24, 2.45) is 10.8 Å². The Bertz CT molecular complexity index is 738. The summed E-state index contributed by atoms with van der Waals surface area (Å²) in [4.78, 5) is 36.3. The molecule has 0 aliphatic carbocycles. The normalized spacial score (nSPS) is 23.4. The van der Waals surface area contributed by atoms with Crippen LogP contribution in [0.25, 0.3) is 0 Å². The van der Waals surface area contributed by atoms with Crippen LogP contribution in [0.5, 0.6) is 0 Å². The van der Waals surface area contributed by atoms with Gasteiger partial charge in [0.05, 0.1) is 17.4 Å². The molecule has 10 heteroatoms. The highest BCUT2D eigenvalue weighted by molar-refractivity contribution is 5.89. The summed E-state index contributed by atoms with van der Waals surface area (Å²) in [7, 11) is 0. The van der Waals surface area contributed by atoms with E-state index in [9.17, 15) is 14.4 Å². The van der Waals surface area contributed by atoms with Gasteiger partial charge in [0.25, 0.3) is 0 Å². The number of rotatable bonds is 7. The van der Waals surface area contributed by atoms with Gasteiger partial charge in [-0.1, -0.05) is 0 Å². The quantitative estimate of drug-likeness (QED) is 0.329. The molecule has 2 aliphatic rings. The Hall–Kier alpha value is -2.33. The average molecular weight is 444 g/mol. The molecule has 1 saturated heterocycles. The lowest BCUT2D eigenvalue weighted by atomic mass is 9.97. The summed E-state index contributed by atoms with van der Waals surface area (Å²) in [5.41, 5.74) is -1.47. The van der Waals surface area contributed by atoms with Crippen molar-refractivity contribution in [3.05, 3.63) is 11.5 Å². The van der Waals surface area contributed by atoms with Crippen LogP contribution in [0.1, 0.15) is 55.4 Å². The van der Waals surface area contributed by atoms with Crippen LogP contribution < -0.4 is 0 Å². The van der Waals surface area contributed by atoms with Crippen LogP contribution in [0.4, 0.5) is 0 Å². The molecular formula is C21H32O10. The minimum atomic E-state index is -0.976. The first-order valence-electron chi connectivity index (χ1n) is 9.99. The van der Waals surface area contributed by atoms with Crippen molar-refractivity contribution in [1.29, 1.82) is 0 Å². The number of ether oxygens (including phenoxy) is 7. The van der Waals surface area contributed by atoms with E-state index in [0.29, 0.717) is 0 Å². The Labute approximate surface area is 182 Å². The maximum atomic E-state index is 12.4. The van der Waals surface area contributed by atoms with Gasteiger partial charge in [-0.25, -0.2) is 4.79 Å². The van der Waals surface area contributed by atoms with Gasteiger partial charge in [0.2, 0.25) is 19.3 Å². The van der Waals surface area contributed by atoms with E-state index in [1.54, 1.807) is 55.4 Å². The summed E-state index contributed by atoms with van der Waals surface area (Å²) in [5, 5.41) is 0. The van der Waals surface area contributed by atoms with Crippen molar-refractivity contribution >= 4 is 17.9 Å². The summed E-state index contributed by atoms with van der Waals surface area (Å²) in [6.45, 7) is 12.8. The molecule has 10 nitrogen and oxygen atoms in total. The third-order valence-corrected chi connectivity index (χ3v) is 4.29. The molecule has 2 atom stereocenters. The molecule has 0 aromatic heterocycles. The second-order valence-electron chi connectivity index (χ2n) is 9.77. The third kappa shape index (κ3) is 6.57. The number of esters is 3. The molecule has 0 unspecified atom stereocenters. The van der Waals surface area contributed by atoms with Crippen LogP contribution in [0, 0.1) is 10.8 Å². The van der Waals surface area contributed by atoms with Gasteiger partial charge in [0, 0.05) is 0 Å². The minimum absolute atomic E-state index is 0.0233. The van der Waals surface area contributed by atoms with Crippen LogP contribution in [0.15, 0.2) is 11.5 Å². The molecule has 2 aliphatic heterocycles. The van der Waals surface area contributed by atoms with Crippen molar-refractivity contribution < 1.29 is 47.5 Å². The van der Waals surface area contributed by atoms with Gasteiger partial charge < -0.3 is 33.2 Å². The standard InChI is InChI=1S/C21H32O10/c1-19(2,3)17(23)27-10-25-14-13(12-9-29-21(7,8)31-12)30-16(22)15(14)26-11-28-18(24)20(4,5)6/h12-13H,9-11H2,1-8H3/t12-,13+/m0/s1. The van der Waals surface area contributed by atoms with Gasteiger partial charge in [0.15, 0.2) is 17.7 Å². The van der Waals surface area contributed by atoms with E-state index < -0.39 is 60.3 Å². The Balaban J connectivity index is 2.14. The van der Waals surface area contributed by atoms with Gasteiger partial charge in [-0.3, -0.25) is 9.59 Å². The molecule has 0 aromatic rings. The van der Waals surface area contributed by atoms with Crippen molar-refractivity contribution in [1.82, 2.24) is 0 Å². The van der Waals surface area contributed by atoms with Gasteiger partial charge in [-0.15, -0.1) is 0 Å². The molecule has 0 radical (unpaired) electrons. The van der Waals surface area contributed by atoms with E-state index in [-0.39, 0.29) is 18.1 Å². The topological polar surface area (TPSA) is 116 Å². The third-order valence-electron chi connectivity index (χ3n) is 4.29. The molecule has 2 rings (SSSR count). The fourth-order valence-corrected chi connectivity index (χ4v) is 2.56. The summed E-state index contributed by atoms with van der Waals surface area (Å²) in [6, 6.07) is 0. The van der Waals surface area contributed by atoms with E-state index in [2.05, 4.69) is 0 Å². The van der Waals surface area contributed by atoms with Gasteiger partial charge in [0.1, 0.15) is 6.10 Å². The van der Waals surface area contributed by atoms with Crippen LogP contribution in [0.2, 0.25) is 0 Å². The van der Waals surface area contributed by atoms with Crippen LogP contribution in [-0.2, 0) is 47.5 Å². The number of cyclic esters (lactones) is 1. The highest BCUT2D eigenvalue weighted by Crippen LogP contribution is 2.34. The maximum absolute atomic E-state index is 12.4. The fourth-order valence-electron chi connectivity index (χ4n) is 2.56. The molecule has 0 spiro atoms. The van der Waals surface area contributed by atoms with Gasteiger partial charge in [-0.05, 0) is 55.4 Å². The molecule has 0 saturated carbocycles. The second kappa shape index (κ2) is 9.04. The molecule has 0 bridgehead atoms. The second-order valence-corrected chi connectivity index (χ2v) is 9.77. The Kier molecular flexibility index (Phi) is 7.27. The monoisotopic (exact) mass is 444 g/mol. The Morgan fingerprint density at radius 3 is 1.94 bits per heavy atom. The summed E-state index contributed by atoms with van der Waals surface area (Å²) >= 11 is 0. The first kappa shape index (κ1) is 24.9. The first-order valence-corrected chi connectivity index (χ1v) is 9.99. The van der Waals surface area contributed by atoms with E-state index in [1.165, 1.54) is 0 Å². The largest absolute Gasteiger partial charge is 0.453 e. The smallest absolute Gasteiger partial charge is 0.378 e. The minimum Gasteiger partial charge on any atom is -0.453 e. The van der Waals surface area contributed by atoms with Crippen molar-refractivity contribution in [3.63, 3.8) is 0 Å². The number of carbonyl (C=O) groups is 3. The zero-order chi connectivity index (χ0) is 23.6. The molecule has 0 aromatic carbocycles. The zero-order valence-electron chi connectivity index (χ0n) is 19.4. The Morgan fingerprint density at radius 1 is 0.968 bits per heavy atom. The molecule has 176 valence electrons. The maximum Gasteiger partial charge on any atom is 0.378 e. The predicted molar refractivity (Wildman–Crippen MR) is 105 cm³/mol. The lowest BCUT2D eigenvalue weighted by Gasteiger charge is -2.22. The predicted octanol–water partition coefficient (Wildman–Crippen LogP) is 2.40. The van der Waals surface area contributed by atoms with E-state index in [4.69, 9.17) is 33.2 Å². The summed E-state index contributed by atoms with van der Waals surface area (Å²) in [5.74, 6) is -2.99. The zero-order valence-corrected chi connectivity index (χ0v) is 19.4. The van der Waals surface area contributed by atoms with E-state index in [1.807, 2.05) is 0 Å². The molecular weight excluding hydrogens is 412 g/mol. The molecule has 31 heavy (non-hydrogen) atoms. The van der Waals surface area contributed by atoms with Crippen LogP contribution in [-0.4, -0.2) is 56.1 Å². The fraction of sp³-hybridized carbons (Fsp3) is 0.762. The lowest BCUT2D eigenvalue weighted by Crippen LogP contribution is -2.34. The SMILES string of the molecule is CC1(C)OC[C@@H]([C@H]2OC(=O)C(OCOC(=O)C(C)(C)C)=C2OCOC(=O)C(C)(C)C)O1. The van der Waals surface area contributed by atoms with Gasteiger partial charge >= 0.3 is 17.9 Å². The first-order chi connectivity index (χ1) is 14.1. The number of carbonyl (C=O) groups excluding carboxylic acids is 3. The summed E-state index contributed by atoms with van der Waals surface area (Å²) < 4.78 is 37.7. The Morgan fingerprint density at radius 2 is 1.48 bits per heavy atom. The summed E-state index contributed by atoms with van der Waals surface area (Å²) in [6.07, 6.45) is -1.64. The van der Waals surface area contributed by atoms with Crippen LogP contribution >= 0.6 is 0 Å². The highest BCUT2D eigenvalue weighted by Gasteiger charge is 2.48. The van der Waals surface area contributed by atoms with Crippen molar-refractivity contribution in [2.45, 2.75) is 73.4 Å². The average Bonchev–Trinajstić information content (AvgIpc) is 3.13. The van der Waals surface area contributed by atoms with Gasteiger partial charge in [-0.2, -0.15) is 0 Å². The van der Waals surface area contributed by atoms with Crippen LogP contribution in [0.3, 0.4) is 0 Å². The molecule has 2 heterocycles. The van der Waals surface area contributed by atoms with Crippen molar-refractivity contribution in [3.8, 4) is 0 Å². The van der Waals surface area contributed by atoms with E-state index in [0.717, 1.165) is 0 Å². The lowest BCUT2D eigenvalue weighted by molar-refractivity contribution is -0.170. The molecule has 1 fully saturated rings. The number of hydrogen-bond acceptors (Lipinski definition) is 10. The number of hydrogen-bond donors (Lipinski definition) is 0. The highest BCUT2D eigenvalue weighted by atomic mass is 16.8. The molecule has 0 amide bonds. The van der Waals surface area contributed by atoms with E-state index >= 15 is 0 Å². The molecule has 0 N–H and O–H groups in total. The van der Waals surface area contributed by atoms with Crippen molar-refractivity contribution in [2.75, 3.05) is 20.2 Å².